The summed E-state index contributed by atoms with van der Waals surface area (Å²) in [4.78, 5) is 14.8. The lowest BCUT2D eigenvalue weighted by atomic mass is 9.96. The second kappa shape index (κ2) is 9.02. The number of halogens is 1. The van der Waals surface area contributed by atoms with Crippen LogP contribution in [0.2, 0.25) is 0 Å². The maximum Gasteiger partial charge on any atom is 0.257 e. The molecule has 0 unspecified atom stereocenters. The number of likely N-dealkylation sites (tertiary alicyclic amines) is 1. The average molecular weight is 363 g/mol. The van der Waals surface area contributed by atoms with E-state index in [-0.39, 0.29) is 18.3 Å². The highest BCUT2D eigenvalue weighted by Gasteiger charge is 2.25. The Balaban J connectivity index is 0.00000225. The number of hydrogen-bond acceptors (Lipinski definition) is 3. The van der Waals surface area contributed by atoms with Crippen LogP contribution in [0.5, 0.6) is 0 Å². The summed E-state index contributed by atoms with van der Waals surface area (Å²) in [5, 5.41) is 7.92. The molecule has 1 N–H and O–H groups in total. The lowest BCUT2D eigenvalue weighted by Crippen LogP contribution is -2.40. The van der Waals surface area contributed by atoms with Crippen molar-refractivity contribution < 1.29 is 4.79 Å². The van der Waals surface area contributed by atoms with Crippen molar-refractivity contribution in [2.24, 2.45) is 5.92 Å². The zero-order valence-corrected chi connectivity index (χ0v) is 15.8. The number of aromatic nitrogens is 2. The normalized spacial score (nSPS) is 15.0. The second-order valence-electron chi connectivity index (χ2n) is 6.45. The topological polar surface area (TPSA) is 50.2 Å². The van der Waals surface area contributed by atoms with Gasteiger partial charge in [-0.2, -0.15) is 5.10 Å². The van der Waals surface area contributed by atoms with Crippen molar-refractivity contribution in [3.8, 4) is 5.69 Å². The van der Waals surface area contributed by atoms with E-state index in [2.05, 4.69) is 17.3 Å². The van der Waals surface area contributed by atoms with E-state index in [0.29, 0.717) is 11.5 Å². The Morgan fingerprint density at radius 3 is 2.56 bits per heavy atom. The number of nitrogens with zero attached hydrogens (tertiary/aromatic N) is 3. The molecule has 2 aromatic rings. The first-order valence-corrected chi connectivity index (χ1v) is 8.80. The average Bonchev–Trinajstić information content (AvgIpc) is 3.02. The largest absolute Gasteiger partial charge is 0.339 e. The molecule has 1 aromatic heterocycles. The molecule has 0 radical (unpaired) electrons. The molecule has 0 bridgehead atoms. The molecule has 0 saturated carbocycles. The molecule has 25 heavy (non-hydrogen) atoms. The number of carbonyl (C=O) groups is 1. The third-order valence-corrected chi connectivity index (χ3v) is 4.73. The van der Waals surface area contributed by atoms with E-state index in [1.165, 1.54) is 0 Å². The molecule has 1 fully saturated rings. The summed E-state index contributed by atoms with van der Waals surface area (Å²) in [5.41, 5.74) is 2.48. The van der Waals surface area contributed by atoms with Gasteiger partial charge in [-0.05, 0) is 50.9 Å². The molecule has 1 aliphatic heterocycles. The molecular weight excluding hydrogens is 336 g/mol. The fourth-order valence-electron chi connectivity index (χ4n) is 3.24. The SMILES string of the molecule is CCNCC1CCN(C(=O)c2cn(-c3ccccc3)nc2C)CC1.Cl. The van der Waals surface area contributed by atoms with Crippen LogP contribution in [0.1, 0.15) is 35.8 Å². The number of amides is 1. The quantitative estimate of drug-likeness (QED) is 0.889. The number of benzene rings is 1. The van der Waals surface area contributed by atoms with Gasteiger partial charge in [0, 0.05) is 19.3 Å². The number of hydrogen-bond donors (Lipinski definition) is 1. The van der Waals surface area contributed by atoms with Crippen LogP contribution in [0.15, 0.2) is 36.5 Å². The van der Waals surface area contributed by atoms with Crippen LogP contribution in [0.25, 0.3) is 5.69 Å². The Kier molecular flexibility index (Phi) is 7.02. The second-order valence-corrected chi connectivity index (χ2v) is 6.45. The zero-order valence-electron chi connectivity index (χ0n) is 14.9. The first-order chi connectivity index (χ1) is 11.7. The Labute approximate surface area is 155 Å². The minimum atomic E-state index is 0. The number of piperidine rings is 1. The Morgan fingerprint density at radius 2 is 1.92 bits per heavy atom. The Hall–Kier alpha value is -1.85. The summed E-state index contributed by atoms with van der Waals surface area (Å²) in [7, 11) is 0. The van der Waals surface area contributed by atoms with Gasteiger partial charge in [-0.25, -0.2) is 4.68 Å². The van der Waals surface area contributed by atoms with Gasteiger partial charge >= 0.3 is 0 Å². The van der Waals surface area contributed by atoms with Crippen LogP contribution in [0.3, 0.4) is 0 Å². The van der Waals surface area contributed by atoms with E-state index in [0.717, 1.165) is 50.4 Å². The first-order valence-electron chi connectivity index (χ1n) is 8.80. The van der Waals surface area contributed by atoms with Crippen molar-refractivity contribution in [2.45, 2.75) is 26.7 Å². The lowest BCUT2D eigenvalue weighted by molar-refractivity contribution is 0.0689. The van der Waals surface area contributed by atoms with Crippen LogP contribution >= 0.6 is 12.4 Å². The molecule has 1 amide bonds. The predicted octanol–water partition coefficient (Wildman–Crippen LogP) is 3.06. The number of rotatable bonds is 5. The Bertz CT molecular complexity index is 678. The number of nitrogens with one attached hydrogen (secondary N) is 1. The molecule has 0 aliphatic carbocycles. The number of para-hydroxylation sites is 1. The van der Waals surface area contributed by atoms with E-state index in [1.807, 2.05) is 48.4 Å². The monoisotopic (exact) mass is 362 g/mol. The minimum Gasteiger partial charge on any atom is -0.339 e. The maximum atomic E-state index is 12.8. The smallest absolute Gasteiger partial charge is 0.257 e. The van der Waals surface area contributed by atoms with Gasteiger partial charge in [0.25, 0.3) is 5.91 Å². The highest BCUT2D eigenvalue weighted by Crippen LogP contribution is 2.20. The molecule has 0 spiro atoms. The summed E-state index contributed by atoms with van der Waals surface area (Å²) >= 11 is 0. The summed E-state index contributed by atoms with van der Waals surface area (Å²) < 4.78 is 1.79. The third-order valence-electron chi connectivity index (χ3n) is 4.73. The minimum absolute atomic E-state index is 0. The highest BCUT2D eigenvalue weighted by molar-refractivity contribution is 5.95. The van der Waals surface area contributed by atoms with E-state index in [9.17, 15) is 4.79 Å². The van der Waals surface area contributed by atoms with Crippen LogP contribution in [0, 0.1) is 12.8 Å². The van der Waals surface area contributed by atoms with Gasteiger partial charge in [0.2, 0.25) is 0 Å². The zero-order chi connectivity index (χ0) is 16.9. The van der Waals surface area contributed by atoms with Gasteiger partial charge < -0.3 is 10.2 Å². The molecular formula is C19H27ClN4O. The van der Waals surface area contributed by atoms with E-state index in [1.54, 1.807) is 4.68 Å². The molecule has 1 aromatic carbocycles. The Morgan fingerprint density at radius 1 is 1.24 bits per heavy atom. The van der Waals surface area contributed by atoms with Crippen molar-refractivity contribution >= 4 is 18.3 Å². The predicted molar refractivity (Wildman–Crippen MR) is 103 cm³/mol. The van der Waals surface area contributed by atoms with E-state index in [4.69, 9.17) is 0 Å². The van der Waals surface area contributed by atoms with Gasteiger partial charge in [-0.3, -0.25) is 4.79 Å². The molecule has 5 nitrogen and oxygen atoms in total. The molecule has 6 heteroatoms. The fraction of sp³-hybridized carbons (Fsp3) is 0.474. The molecule has 3 rings (SSSR count). The van der Waals surface area contributed by atoms with Crippen molar-refractivity contribution in [1.29, 1.82) is 0 Å². The standard InChI is InChI=1S/C19H26N4O.ClH/c1-3-20-13-16-9-11-22(12-10-16)19(24)18-14-23(21-15(18)2)17-7-5-4-6-8-17;/h4-8,14,16,20H,3,9-13H2,1-2H3;1H. The summed E-state index contributed by atoms with van der Waals surface area (Å²) in [6, 6.07) is 9.91. The molecule has 136 valence electrons. The molecule has 1 aliphatic rings. The third kappa shape index (κ3) is 4.61. The van der Waals surface area contributed by atoms with Crippen molar-refractivity contribution in [1.82, 2.24) is 20.0 Å². The first kappa shape index (κ1) is 19.5. The van der Waals surface area contributed by atoms with Crippen LogP contribution in [0.4, 0.5) is 0 Å². The number of aryl methyl sites for hydroxylation is 1. The van der Waals surface area contributed by atoms with Crippen molar-refractivity contribution in [3.05, 3.63) is 47.8 Å². The van der Waals surface area contributed by atoms with Crippen molar-refractivity contribution in [3.63, 3.8) is 0 Å². The van der Waals surface area contributed by atoms with Gasteiger partial charge in [-0.1, -0.05) is 25.1 Å². The summed E-state index contributed by atoms with van der Waals surface area (Å²) in [6.07, 6.45) is 4.01. The van der Waals surface area contributed by atoms with Gasteiger partial charge in [-0.15, -0.1) is 12.4 Å². The maximum absolute atomic E-state index is 12.8. The van der Waals surface area contributed by atoms with Gasteiger partial charge in [0.1, 0.15) is 0 Å². The van der Waals surface area contributed by atoms with Gasteiger partial charge in [0.15, 0.2) is 0 Å². The summed E-state index contributed by atoms with van der Waals surface area (Å²) in [5.74, 6) is 0.790. The lowest BCUT2D eigenvalue weighted by Gasteiger charge is -2.32. The number of carbonyl (C=O) groups excluding carboxylic acids is 1. The van der Waals surface area contributed by atoms with Crippen LogP contribution in [-0.4, -0.2) is 46.8 Å². The highest BCUT2D eigenvalue weighted by atomic mass is 35.5. The van der Waals surface area contributed by atoms with E-state index >= 15 is 0 Å². The van der Waals surface area contributed by atoms with Gasteiger partial charge in [0.05, 0.1) is 16.9 Å². The van der Waals surface area contributed by atoms with Crippen molar-refractivity contribution in [2.75, 3.05) is 26.2 Å². The van der Waals surface area contributed by atoms with Crippen LogP contribution in [-0.2, 0) is 0 Å². The fourth-order valence-corrected chi connectivity index (χ4v) is 3.24. The molecule has 2 heterocycles. The molecule has 1 saturated heterocycles. The summed E-state index contributed by atoms with van der Waals surface area (Å²) in [6.45, 7) is 7.78. The molecule has 0 atom stereocenters. The van der Waals surface area contributed by atoms with Crippen LogP contribution < -0.4 is 5.32 Å². The van der Waals surface area contributed by atoms with E-state index < -0.39 is 0 Å².